The zero-order valence-corrected chi connectivity index (χ0v) is 11.9. The van der Waals surface area contributed by atoms with Crippen LogP contribution in [0.3, 0.4) is 0 Å². The fraction of sp³-hybridized carbons (Fsp3) is 0.400. The van der Waals surface area contributed by atoms with E-state index in [1.54, 1.807) is 0 Å². The zero-order chi connectivity index (χ0) is 13.8. The molecule has 0 saturated heterocycles. The van der Waals surface area contributed by atoms with Crippen molar-refractivity contribution in [2.75, 3.05) is 17.2 Å². The van der Waals surface area contributed by atoms with Crippen molar-refractivity contribution < 1.29 is 0 Å². The molecule has 0 spiro atoms. The number of nitrogens with two attached hydrogens (primary N) is 1. The quantitative estimate of drug-likeness (QED) is 0.838. The monoisotopic (exact) mass is 258 g/mol. The van der Waals surface area contributed by atoms with Gasteiger partial charge >= 0.3 is 0 Å². The average molecular weight is 258 g/mol. The molecule has 1 aromatic carbocycles. The second-order valence-corrected chi connectivity index (χ2v) is 4.99. The summed E-state index contributed by atoms with van der Waals surface area (Å²) in [5.74, 6) is 0. The smallest absolute Gasteiger partial charge is 0.0817 e. The molecule has 2 N–H and O–H groups in total. The Bertz CT molecular complexity index is 513. The van der Waals surface area contributed by atoms with E-state index in [9.17, 15) is 0 Å². The van der Waals surface area contributed by atoms with Gasteiger partial charge in [-0.2, -0.15) is 5.10 Å². The van der Waals surface area contributed by atoms with Crippen LogP contribution in [0.15, 0.2) is 36.5 Å². The van der Waals surface area contributed by atoms with E-state index in [1.807, 2.05) is 23.0 Å². The second kappa shape index (κ2) is 5.78. The molecule has 0 amide bonds. The lowest BCUT2D eigenvalue weighted by molar-refractivity contribution is 0.525. The first kappa shape index (κ1) is 13.5. The van der Waals surface area contributed by atoms with Crippen molar-refractivity contribution in [2.24, 2.45) is 0 Å². The molecule has 0 unspecified atom stereocenters. The lowest BCUT2D eigenvalue weighted by Crippen LogP contribution is -2.22. The van der Waals surface area contributed by atoms with E-state index >= 15 is 0 Å². The van der Waals surface area contributed by atoms with Crippen LogP contribution < -0.4 is 10.6 Å². The minimum absolute atomic E-state index is 0.403. The SMILES string of the molecule is CCN(Cc1ccn(C(C)C)n1)c1ccc(N)cc1. The Morgan fingerprint density at radius 3 is 2.42 bits per heavy atom. The van der Waals surface area contributed by atoms with E-state index in [1.165, 1.54) is 5.69 Å². The molecule has 102 valence electrons. The number of aromatic nitrogens is 2. The first-order valence-electron chi connectivity index (χ1n) is 6.74. The molecule has 0 aliphatic carbocycles. The van der Waals surface area contributed by atoms with Crippen LogP contribution in [0.2, 0.25) is 0 Å². The van der Waals surface area contributed by atoms with Crippen molar-refractivity contribution in [3.05, 3.63) is 42.2 Å². The highest BCUT2D eigenvalue weighted by molar-refractivity contribution is 5.53. The summed E-state index contributed by atoms with van der Waals surface area (Å²) in [5, 5.41) is 4.59. The maximum atomic E-state index is 5.72. The molecule has 0 fully saturated rings. The Morgan fingerprint density at radius 2 is 1.89 bits per heavy atom. The van der Waals surface area contributed by atoms with Crippen molar-refractivity contribution in [1.29, 1.82) is 0 Å². The summed E-state index contributed by atoms with van der Waals surface area (Å²) in [6.45, 7) is 8.18. The molecule has 19 heavy (non-hydrogen) atoms. The highest BCUT2D eigenvalue weighted by atomic mass is 15.3. The van der Waals surface area contributed by atoms with Gasteiger partial charge in [0.05, 0.1) is 12.2 Å². The number of rotatable bonds is 5. The number of benzene rings is 1. The number of nitrogens with zero attached hydrogens (tertiary/aromatic N) is 3. The molecular weight excluding hydrogens is 236 g/mol. The van der Waals surface area contributed by atoms with Crippen LogP contribution in [0.4, 0.5) is 11.4 Å². The van der Waals surface area contributed by atoms with Gasteiger partial charge in [-0.15, -0.1) is 0 Å². The highest BCUT2D eigenvalue weighted by Gasteiger charge is 2.08. The maximum Gasteiger partial charge on any atom is 0.0817 e. The van der Waals surface area contributed by atoms with Crippen LogP contribution >= 0.6 is 0 Å². The first-order valence-corrected chi connectivity index (χ1v) is 6.74. The maximum absolute atomic E-state index is 5.72. The molecule has 1 aromatic heterocycles. The van der Waals surface area contributed by atoms with Crippen LogP contribution in [-0.4, -0.2) is 16.3 Å². The predicted octanol–water partition coefficient (Wildman–Crippen LogP) is 3.07. The number of nitrogen functional groups attached to an aromatic ring is 1. The van der Waals surface area contributed by atoms with E-state index in [0.717, 1.165) is 24.5 Å². The largest absolute Gasteiger partial charge is 0.399 e. The van der Waals surface area contributed by atoms with Gasteiger partial charge in [0.1, 0.15) is 0 Å². The molecule has 4 heteroatoms. The van der Waals surface area contributed by atoms with Crippen molar-refractivity contribution in [2.45, 2.75) is 33.4 Å². The molecule has 0 radical (unpaired) electrons. The predicted molar refractivity (Wildman–Crippen MR) is 80.2 cm³/mol. The van der Waals surface area contributed by atoms with Crippen LogP contribution in [0.25, 0.3) is 0 Å². The zero-order valence-electron chi connectivity index (χ0n) is 11.9. The minimum Gasteiger partial charge on any atom is -0.399 e. The molecule has 4 nitrogen and oxygen atoms in total. The fourth-order valence-electron chi connectivity index (χ4n) is 2.02. The number of hydrogen-bond donors (Lipinski definition) is 1. The summed E-state index contributed by atoms with van der Waals surface area (Å²) in [7, 11) is 0. The highest BCUT2D eigenvalue weighted by Crippen LogP contribution is 2.18. The van der Waals surface area contributed by atoms with Crippen LogP contribution in [0, 0.1) is 0 Å². The second-order valence-electron chi connectivity index (χ2n) is 4.99. The molecular formula is C15H22N4. The number of anilines is 2. The van der Waals surface area contributed by atoms with E-state index in [-0.39, 0.29) is 0 Å². The van der Waals surface area contributed by atoms with Gasteiger partial charge in [0.15, 0.2) is 0 Å². The van der Waals surface area contributed by atoms with Gasteiger partial charge < -0.3 is 10.6 Å². The summed E-state index contributed by atoms with van der Waals surface area (Å²) in [4.78, 5) is 2.28. The Kier molecular flexibility index (Phi) is 4.10. The van der Waals surface area contributed by atoms with E-state index in [2.05, 4.69) is 49.0 Å². The fourth-order valence-corrected chi connectivity index (χ4v) is 2.02. The average Bonchev–Trinajstić information content (AvgIpc) is 2.86. The van der Waals surface area contributed by atoms with E-state index in [0.29, 0.717) is 6.04 Å². The van der Waals surface area contributed by atoms with Gasteiger partial charge in [-0.1, -0.05) is 0 Å². The van der Waals surface area contributed by atoms with Crippen molar-refractivity contribution in [1.82, 2.24) is 9.78 Å². The third-order valence-electron chi connectivity index (χ3n) is 3.19. The lowest BCUT2D eigenvalue weighted by atomic mass is 10.2. The van der Waals surface area contributed by atoms with Gasteiger partial charge in [-0.3, -0.25) is 4.68 Å². The van der Waals surface area contributed by atoms with Crippen molar-refractivity contribution in [3.63, 3.8) is 0 Å². The third kappa shape index (κ3) is 3.28. The van der Waals surface area contributed by atoms with Crippen molar-refractivity contribution in [3.8, 4) is 0 Å². The lowest BCUT2D eigenvalue weighted by Gasteiger charge is -2.22. The summed E-state index contributed by atoms with van der Waals surface area (Å²) in [6, 6.07) is 10.5. The first-order chi connectivity index (χ1) is 9.10. The molecule has 1 heterocycles. The topological polar surface area (TPSA) is 47.1 Å². The Morgan fingerprint density at radius 1 is 1.21 bits per heavy atom. The van der Waals surface area contributed by atoms with Gasteiger partial charge in [0.2, 0.25) is 0 Å². The Balaban J connectivity index is 2.12. The summed E-state index contributed by atoms with van der Waals surface area (Å²) >= 11 is 0. The summed E-state index contributed by atoms with van der Waals surface area (Å²) in [5.41, 5.74) is 8.79. The van der Waals surface area contributed by atoms with Crippen LogP contribution in [-0.2, 0) is 6.54 Å². The Hall–Kier alpha value is -1.97. The minimum atomic E-state index is 0.403. The van der Waals surface area contributed by atoms with Crippen LogP contribution in [0.1, 0.15) is 32.5 Å². The molecule has 0 bridgehead atoms. The molecule has 0 aliphatic rings. The Labute approximate surface area is 114 Å². The molecule has 2 aromatic rings. The number of hydrogen-bond acceptors (Lipinski definition) is 3. The molecule has 2 rings (SSSR count). The van der Waals surface area contributed by atoms with Gasteiger partial charge in [0, 0.05) is 30.2 Å². The van der Waals surface area contributed by atoms with E-state index < -0.39 is 0 Å². The normalized spacial score (nSPS) is 10.9. The van der Waals surface area contributed by atoms with Crippen LogP contribution in [0.5, 0.6) is 0 Å². The summed E-state index contributed by atoms with van der Waals surface area (Å²) in [6.07, 6.45) is 2.04. The van der Waals surface area contributed by atoms with Gasteiger partial charge in [-0.25, -0.2) is 0 Å². The molecule has 0 saturated carbocycles. The van der Waals surface area contributed by atoms with E-state index in [4.69, 9.17) is 5.73 Å². The third-order valence-corrected chi connectivity index (χ3v) is 3.19. The summed E-state index contributed by atoms with van der Waals surface area (Å²) < 4.78 is 1.99. The molecule has 0 atom stereocenters. The van der Waals surface area contributed by atoms with Gasteiger partial charge in [-0.05, 0) is 51.1 Å². The standard InChI is InChI=1S/C15H22N4/c1-4-18(15-7-5-13(16)6-8-15)11-14-9-10-19(17-14)12(2)3/h5-10,12H,4,11,16H2,1-3H3. The van der Waals surface area contributed by atoms with Gasteiger partial charge in [0.25, 0.3) is 0 Å². The molecule has 0 aliphatic heterocycles. The van der Waals surface area contributed by atoms with Crippen molar-refractivity contribution >= 4 is 11.4 Å².